The smallest absolute Gasteiger partial charge is 0.351 e. The third-order valence-corrected chi connectivity index (χ3v) is 4.68. The third kappa shape index (κ3) is 3.50. The molecule has 3 rings (SSSR count). The Bertz CT molecular complexity index is 842. The summed E-state index contributed by atoms with van der Waals surface area (Å²) >= 11 is 0. The molecular weight excluding hydrogens is 366 g/mol. The van der Waals surface area contributed by atoms with Crippen molar-refractivity contribution in [3.8, 4) is 0 Å². The number of aliphatic hydroxyl groups excluding tert-OH is 1. The third-order valence-electron chi connectivity index (χ3n) is 4.68. The molecular formula is C15H20F2N6O4. The van der Waals surface area contributed by atoms with Crippen LogP contribution in [0.1, 0.15) is 12.6 Å². The summed E-state index contributed by atoms with van der Waals surface area (Å²) < 4.78 is 34.9. The standard InChI is InChI=1S/C15H20F2N6O4/c16-15(17)11(24)9(6-22-3-1-7(12(20)25)8(18)5-22)27-13(15)23-4-2-10(19)21-14(23)26/h2,4,9,11,13,24H,1,3,5-6,18H2,(H2,20,25)(H2,19,21,26)/t9-,11-,13-/m1/s1. The molecule has 3 atom stereocenters. The summed E-state index contributed by atoms with van der Waals surface area (Å²) in [6.07, 6.45) is -4.13. The van der Waals surface area contributed by atoms with Gasteiger partial charge < -0.3 is 27.0 Å². The summed E-state index contributed by atoms with van der Waals surface area (Å²) in [5.41, 5.74) is 15.9. The van der Waals surface area contributed by atoms with Crippen LogP contribution in [0.4, 0.5) is 14.6 Å². The number of carbonyl (C=O) groups excluding carboxylic acids is 1. The van der Waals surface area contributed by atoms with Gasteiger partial charge in [0.05, 0.1) is 0 Å². The number of hydrogen-bond acceptors (Lipinski definition) is 8. The molecule has 148 valence electrons. The van der Waals surface area contributed by atoms with Crippen LogP contribution in [-0.4, -0.2) is 63.2 Å². The molecule has 2 aliphatic heterocycles. The summed E-state index contributed by atoms with van der Waals surface area (Å²) in [4.78, 5) is 28.2. The van der Waals surface area contributed by atoms with Crippen LogP contribution in [0.5, 0.6) is 0 Å². The SMILES string of the molecule is NC(=O)C1=C(N)CN(C[C@H]2O[C@@H](n3ccc(N)nc3=O)C(F)(F)[C@@H]2O)CC1. The lowest BCUT2D eigenvalue weighted by Crippen LogP contribution is -2.46. The van der Waals surface area contributed by atoms with Crippen molar-refractivity contribution in [1.82, 2.24) is 14.5 Å². The average molecular weight is 386 g/mol. The number of nitrogen functional groups attached to an aromatic ring is 1. The molecule has 3 heterocycles. The Labute approximate surface area is 152 Å². The highest BCUT2D eigenvalue weighted by atomic mass is 19.3. The first-order valence-electron chi connectivity index (χ1n) is 8.17. The van der Waals surface area contributed by atoms with Gasteiger partial charge >= 0.3 is 11.6 Å². The van der Waals surface area contributed by atoms with Crippen molar-refractivity contribution in [2.24, 2.45) is 11.5 Å². The van der Waals surface area contributed by atoms with Crippen LogP contribution < -0.4 is 22.9 Å². The second-order valence-corrected chi connectivity index (χ2v) is 6.54. The Kier molecular flexibility index (Phi) is 4.88. The van der Waals surface area contributed by atoms with Crippen molar-refractivity contribution in [3.63, 3.8) is 0 Å². The Morgan fingerprint density at radius 3 is 2.74 bits per heavy atom. The van der Waals surface area contributed by atoms with Gasteiger partial charge in [0.15, 0.2) is 0 Å². The van der Waals surface area contributed by atoms with Crippen LogP contribution in [0.15, 0.2) is 28.3 Å². The highest BCUT2D eigenvalue weighted by molar-refractivity contribution is 5.92. The van der Waals surface area contributed by atoms with E-state index in [0.29, 0.717) is 16.7 Å². The average Bonchev–Trinajstić information content (AvgIpc) is 2.78. The predicted molar refractivity (Wildman–Crippen MR) is 89.2 cm³/mol. The lowest BCUT2D eigenvalue weighted by Gasteiger charge is -2.30. The molecule has 0 aliphatic carbocycles. The first kappa shape index (κ1) is 19.2. The van der Waals surface area contributed by atoms with Crippen molar-refractivity contribution < 1.29 is 23.4 Å². The van der Waals surface area contributed by atoms with Crippen molar-refractivity contribution in [2.45, 2.75) is 30.8 Å². The number of aromatic nitrogens is 2. The van der Waals surface area contributed by atoms with Crippen molar-refractivity contribution in [2.75, 3.05) is 25.4 Å². The molecule has 0 spiro atoms. The number of hydrogen-bond donors (Lipinski definition) is 4. The molecule has 2 aliphatic rings. The largest absolute Gasteiger partial charge is 0.401 e. The van der Waals surface area contributed by atoms with Gasteiger partial charge in [-0.3, -0.25) is 14.3 Å². The Hall–Kier alpha value is -2.57. The summed E-state index contributed by atoms with van der Waals surface area (Å²) in [5.74, 6) is -4.46. The van der Waals surface area contributed by atoms with E-state index in [2.05, 4.69) is 4.98 Å². The van der Waals surface area contributed by atoms with Crippen molar-refractivity contribution in [1.29, 1.82) is 0 Å². The van der Waals surface area contributed by atoms with E-state index < -0.39 is 36.0 Å². The number of aliphatic hydroxyl groups is 1. The normalized spacial score (nSPS) is 28.5. The van der Waals surface area contributed by atoms with Gasteiger partial charge in [0, 0.05) is 37.1 Å². The lowest BCUT2D eigenvalue weighted by molar-refractivity contribution is -0.140. The van der Waals surface area contributed by atoms with E-state index in [1.54, 1.807) is 4.90 Å². The minimum absolute atomic E-state index is 0.0723. The van der Waals surface area contributed by atoms with E-state index in [4.69, 9.17) is 21.9 Å². The molecule has 10 nitrogen and oxygen atoms in total. The second kappa shape index (κ2) is 6.87. The van der Waals surface area contributed by atoms with Crippen LogP contribution in [0, 0.1) is 0 Å². The van der Waals surface area contributed by atoms with E-state index >= 15 is 0 Å². The zero-order valence-corrected chi connectivity index (χ0v) is 14.2. The summed E-state index contributed by atoms with van der Waals surface area (Å²) in [7, 11) is 0. The number of halogens is 2. The van der Waals surface area contributed by atoms with E-state index in [1.165, 1.54) is 6.07 Å². The van der Waals surface area contributed by atoms with Crippen LogP contribution in [-0.2, 0) is 9.53 Å². The minimum Gasteiger partial charge on any atom is -0.401 e. The fraction of sp³-hybridized carbons (Fsp3) is 0.533. The lowest BCUT2D eigenvalue weighted by atomic mass is 10.0. The molecule has 0 saturated carbocycles. The number of primary amides is 1. The number of anilines is 1. The fourth-order valence-electron chi connectivity index (χ4n) is 3.26. The van der Waals surface area contributed by atoms with Gasteiger partial charge in [-0.1, -0.05) is 0 Å². The van der Waals surface area contributed by atoms with Gasteiger partial charge in [0.25, 0.3) is 0 Å². The summed E-state index contributed by atoms with van der Waals surface area (Å²) in [5, 5.41) is 10.1. The molecule has 0 radical (unpaired) electrons. The van der Waals surface area contributed by atoms with Gasteiger partial charge in [0.1, 0.15) is 18.0 Å². The van der Waals surface area contributed by atoms with Crippen LogP contribution in [0.25, 0.3) is 0 Å². The summed E-state index contributed by atoms with van der Waals surface area (Å²) in [6.45, 7) is 0.396. The maximum absolute atomic E-state index is 14.5. The Morgan fingerprint density at radius 1 is 1.44 bits per heavy atom. The predicted octanol–water partition coefficient (Wildman–Crippen LogP) is -1.88. The maximum Gasteiger partial charge on any atom is 0.351 e. The molecule has 7 N–H and O–H groups in total. The van der Waals surface area contributed by atoms with Gasteiger partial charge in [0.2, 0.25) is 12.1 Å². The van der Waals surface area contributed by atoms with Gasteiger partial charge in [-0.05, 0) is 12.5 Å². The van der Waals surface area contributed by atoms with Gasteiger partial charge in [-0.25, -0.2) is 4.79 Å². The number of nitrogens with zero attached hydrogens (tertiary/aromatic N) is 3. The second-order valence-electron chi connectivity index (χ2n) is 6.54. The van der Waals surface area contributed by atoms with Crippen molar-refractivity contribution >= 4 is 11.7 Å². The first-order chi connectivity index (χ1) is 12.6. The fourth-order valence-corrected chi connectivity index (χ4v) is 3.26. The Morgan fingerprint density at radius 2 is 2.15 bits per heavy atom. The molecule has 27 heavy (non-hydrogen) atoms. The molecule has 0 aromatic carbocycles. The topological polar surface area (TPSA) is 163 Å². The molecule has 1 aromatic rings. The van der Waals surface area contributed by atoms with Crippen molar-refractivity contribution in [3.05, 3.63) is 34.0 Å². The molecule has 1 amide bonds. The number of alkyl halides is 2. The van der Waals surface area contributed by atoms with E-state index in [-0.39, 0.29) is 31.0 Å². The molecule has 0 bridgehead atoms. The molecule has 1 fully saturated rings. The molecule has 0 unspecified atom stereocenters. The summed E-state index contributed by atoms with van der Waals surface area (Å²) in [6, 6.07) is 1.18. The highest BCUT2D eigenvalue weighted by Gasteiger charge is 2.59. The number of rotatable bonds is 4. The minimum atomic E-state index is -3.72. The van der Waals surface area contributed by atoms with E-state index in [9.17, 15) is 23.5 Å². The zero-order valence-electron chi connectivity index (χ0n) is 14.2. The van der Waals surface area contributed by atoms with Gasteiger partial charge in [-0.2, -0.15) is 13.8 Å². The maximum atomic E-state index is 14.5. The number of nitrogens with two attached hydrogens (primary N) is 3. The molecule has 1 aromatic heterocycles. The quantitative estimate of drug-likeness (QED) is 0.467. The Balaban J connectivity index is 1.77. The number of amides is 1. The monoisotopic (exact) mass is 386 g/mol. The number of ether oxygens (including phenoxy) is 1. The van der Waals surface area contributed by atoms with Gasteiger partial charge in [-0.15, -0.1) is 0 Å². The zero-order chi connectivity index (χ0) is 19.9. The molecule has 12 heteroatoms. The molecule has 1 saturated heterocycles. The highest BCUT2D eigenvalue weighted by Crippen LogP contribution is 2.42. The number of carbonyl (C=O) groups is 1. The van der Waals surface area contributed by atoms with Crippen LogP contribution in [0.3, 0.4) is 0 Å². The van der Waals surface area contributed by atoms with Crippen LogP contribution >= 0.6 is 0 Å². The van der Waals surface area contributed by atoms with E-state index in [1.807, 2.05) is 0 Å². The first-order valence-corrected chi connectivity index (χ1v) is 8.17. The van der Waals surface area contributed by atoms with Crippen LogP contribution in [0.2, 0.25) is 0 Å². The van der Waals surface area contributed by atoms with E-state index in [0.717, 1.165) is 6.20 Å².